The van der Waals surface area contributed by atoms with Crippen LogP contribution in [0.1, 0.15) is 23.4 Å². The molecule has 0 amide bonds. The van der Waals surface area contributed by atoms with Crippen molar-refractivity contribution in [1.29, 1.82) is 0 Å². The molecule has 6 heteroatoms. The Bertz CT molecular complexity index is 661. The van der Waals surface area contributed by atoms with Crippen LogP contribution in [0.2, 0.25) is 0 Å². The van der Waals surface area contributed by atoms with Gasteiger partial charge in [0.05, 0.1) is 12.1 Å². The second kappa shape index (κ2) is 6.36. The molecule has 1 saturated heterocycles. The second-order valence-electron chi connectivity index (χ2n) is 5.46. The number of aliphatic carboxylic acids is 1. The highest BCUT2D eigenvalue weighted by atomic mass is 32.1. The number of rotatable bonds is 5. The van der Waals surface area contributed by atoms with E-state index in [1.165, 1.54) is 29.9 Å². The van der Waals surface area contributed by atoms with Crippen molar-refractivity contribution in [2.75, 3.05) is 23.3 Å². The lowest BCUT2D eigenvalue weighted by molar-refractivity contribution is -0.136. The van der Waals surface area contributed by atoms with Crippen LogP contribution in [0.25, 0.3) is 0 Å². The summed E-state index contributed by atoms with van der Waals surface area (Å²) in [5.74, 6) is -0.826. The second-order valence-corrected chi connectivity index (χ2v) is 6.55. The molecule has 0 aliphatic carbocycles. The maximum absolute atomic E-state index is 10.8. The topological polar surface area (TPSA) is 65.5 Å². The predicted molar refractivity (Wildman–Crippen MR) is 89.4 cm³/mol. The molecule has 0 radical (unpaired) electrons. The van der Waals surface area contributed by atoms with Gasteiger partial charge in [-0.2, -0.15) is 0 Å². The minimum atomic E-state index is -0.826. The number of aryl methyl sites for hydroxylation is 1. The van der Waals surface area contributed by atoms with Crippen LogP contribution in [0.15, 0.2) is 24.3 Å². The number of nitrogens with zero attached hydrogens (tertiary/aromatic N) is 2. The number of carboxylic acids is 1. The highest BCUT2D eigenvalue weighted by molar-refractivity contribution is 7.15. The molecule has 0 unspecified atom stereocenters. The third-order valence-corrected chi connectivity index (χ3v) is 4.87. The Balaban J connectivity index is 1.69. The van der Waals surface area contributed by atoms with Crippen LogP contribution < -0.4 is 10.2 Å². The third-order valence-electron chi connectivity index (χ3n) is 3.79. The SMILES string of the molecule is Cc1nc(Nc2ccc(N3CCCC3)cc2)sc1CC(=O)O. The van der Waals surface area contributed by atoms with Gasteiger partial charge in [0.25, 0.3) is 0 Å². The molecule has 5 nitrogen and oxygen atoms in total. The first-order chi connectivity index (χ1) is 10.6. The van der Waals surface area contributed by atoms with Gasteiger partial charge >= 0.3 is 5.97 Å². The molecule has 1 aliphatic rings. The zero-order valence-corrected chi connectivity index (χ0v) is 13.3. The molecule has 1 aliphatic heterocycles. The van der Waals surface area contributed by atoms with Crippen LogP contribution >= 0.6 is 11.3 Å². The van der Waals surface area contributed by atoms with E-state index in [-0.39, 0.29) is 6.42 Å². The molecule has 1 aromatic carbocycles. The average Bonchev–Trinajstić information content (AvgIpc) is 3.10. The van der Waals surface area contributed by atoms with Gasteiger partial charge in [0.1, 0.15) is 0 Å². The lowest BCUT2D eigenvalue weighted by Gasteiger charge is -2.17. The fourth-order valence-electron chi connectivity index (χ4n) is 2.64. The number of benzene rings is 1. The van der Waals surface area contributed by atoms with E-state index in [1.807, 2.05) is 19.1 Å². The molecule has 22 heavy (non-hydrogen) atoms. The number of thiazole rings is 1. The van der Waals surface area contributed by atoms with E-state index >= 15 is 0 Å². The Kier molecular flexibility index (Phi) is 4.29. The van der Waals surface area contributed by atoms with Gasteiger partial charge in [-0.25, -0.2) is 4.98 Å². The smallest absolute Gasteiger partial charge is 0.308 e. The van der Waals surface area contributed by atoms with Crippen molar-refractivity contribution in [3.05, 3.63) is 34.8 Å². The standard InChI is InChI=1S/C16H19N3O2S/c1-11-14(10-15(20)21)22-16(17-11)18-12-4-6-13(7-5-12)19-8-2-3-9-19/h4-7H,2-3,8-10H2,1H3,(H,17,18)(H,20,21). The highest BCUT2D eigenvalue weighted by Gasteiger charge is 2.13. The summed E-state index contributed by atoms with van der Waals surface area (Å²) in [5.41, 5.74) is 3.01. The fraction of sp³-hybridized carbons (Fsp3) is 0.375. The van der Waals surface area contributed by atoms with E-state index in [0.717, 1.165) is 34.5 Å². The largest absolute Gasteiger partial charge is 0.481 e. The maximum atomic E-state index is 10.8. The molecular formula is C16H19N3O2S. The van der Waals surface area contributed by atoms with Gasteiger partial charge in [-0.15, -0.1) is 11.3 Å². The summed E-state index contributed by atoms with van der Waals surface area (Å²) in [6.07, 6.45) is 2.56. The van der Waals surface area contributed by atoms with Crippen LogP contribution in [-0.4, -0.2) is 29.1 Å². The summed E-state index contributed by atoms with van der Waals surface area (Å²) in [5, 5.41) is 12.9. The van der Waals surface area contributed by atoms with E-state index in [9.17, 15) is 4.79 Å². The molecule has 3 rings (SSSR count). The van der Waals surface area contributed by atoms with E-state index < -0.39 is 5.97 Å². The summed E-state index contributed by atoms with van der Waals surface area (Å²) in [4.78, 5) is 18.4. The Labute approximate surface area is 133 Å². The van der Waals surface area contributed by atoms with Gasteiger partial charge in [-0.1, -0.05) is 0 Å². The molecule has 2 heterocycles. The van der Waals surface area contributed by atoms with Crippen molar-refractivity contribution >= 4 is 33.8 Å². The Morgan fingerprint density at radius 2 is 2.00 bits per heavy atom. The number of nitrogens with one attached hydrogen (secondary N) is 1. The van der Waals surface area contributed by atoms with Crippen LogP contribution in [0.5, 0.6) is 0 Å². The van der Waals surface area contributed by atoms with Gasteiger partial charge in [0.15, 0.2) is 5.13 Å². The van der Waals surface area contributed by atoms with Crippen molar-refractivity contribution in [3.8, 4) is 0 Å². The lowest BCUT2D eigenvalue weighted by atomic mass is 10.2. The van der Waals surface area contributed by atoms with Crippen LogP contribution in [0, 0.1) is 6.92 Å². The predicted octanol–water partition coefficient (Wildman–Crippen LogP) is 3.42. The Morgan fingerprint density at radius 1 is 1.32 bits per heavy atom. The molecule has 116 valence electrons. The summed E-state index contributed by atoms with van der Waals surface area (Å²) >= 11 is 1.40. The lowest BCUT2D eigenvalue weighted by Crippen LogP contribution is -2.17. The van der Waals surface area contributed by atoms with Gasteiger partial charge in [-0.3, -0.25) is 4.79 Å². The number of hydrogen-bond donors (Lipinski definition) is 2. The first kappa shape index (κ1) is 14.8. The van der Waals surface area contributed by atoms with E-state index in [0.29, 0.717) is 0 Å². The number of aromatic nitrogens is 1. The first-order valence-corrected chi connectivity index (χ1v) is 8.23. The average molecular weight is 317 g/mol. The van der Waals surface area contributed by atoms with Gasteiger partial charge < -0.3 is 15.3 Å². The summed E-state index contributed by atoms with van der Waals surface area (Å²) in [6.45, 7) is 4.12. The van der Waals surface area contributed by atoms with Gasteiger partial charge in [0, 0.05) is 29.3 Å². The molecule has 2 N–H and O–H groups in total. The number of hydrogen-bond acceptors (Lipinski definition) is 5. The Morgan fingerprint density at radius 3 is 2.64 bits per heavy atom. The molecule has 0 spiro atoms. The van der Waals surface area contributed by atoms with Crippen LogP contribution in [0.3, 0.4) is 0 Å². The van der Waals surface area contributed by atoms with Gasteiger partial charge in [0.2, 0.25) is 0 Å². The zero-order valence-electron chi connectivity index (χ0n) is 12.5. The van der Waals surface area contributed by atoms with Crippen molar-refractivity contribution in [1.82, 2.24) is 4.98 Å². The molecular weight excluding hydrogens is 298 g/mol. The maximum Gasteiger partial charge on any atom is 0.308 e. The minimum absolute atomic E-state index is 0.0269. The molecule has 2 aromatic rings. The van der Waals surface area contributed by atoms with Crippen LogP contribution in [0.4, 0.5) is 16.5 Å². The van der Waals surface area contributed by atoms with Crippen molar-refractivity contribution in [2.45, 2.75) is 26.2 Å². The Hall–Kier alpha value is -2.08. The minimum Gasteiger partial charge on any atom is -0.481 e. The summed E-state index contributed by atoms with van der Waals surface area (Å²) in [6, 6.07) is 8.32. The number of carboxylic acid groups (broad SMARTS) is 1. The monoisotopic (exact) mass is 317 g/mol. The zero-order chi connectivity index (χ0) is 15.5. The van der Waals surface area contributed by atoms with Crippen molar-refractivity contribution in [2.24, 2.45) is 0 Å². The van der Waals surface area contributed by atoms with Gasteiger partial charge in [-0.05, 0) is 44.0 Å². The fourth-order valence-corrected chi connectivity index (χ4v) is 3.61. The van der Waals surface area contributed by atoms with E-state index in [4.69, 9.17) is 5.11 Å². The molecule has 1 fully saturated rings. The molecule has 0 saturated carbocycles. The normalized spacial score (nSPS) is 14.3. The quantitative estimate of drug-likeness (QED) is 0.884. The molecule has 1 aromatic heterocycles. The number of carbonyl (C=O) groups is 1. The summed E-state index contributed by atoms with van der Waals surface area (Å²) in [7, 11) is 0. The number of anilines is 3. The van der Waals surface area contributed by atoms with E-state index in [2.05, 4.69) is 27.3 Å². The highest BCUT2D eigenvalue weighted by Crippen LogP contribution is 2.28. The molecule has 0 bridgehead atoms. The van der Waals surface area contributed by atoms with Crippen molar-refractivity contribution in [3.63, 3.8) is 0 Å². The first-order valence-electron chi connectivity index (χ1n) is 7.42. The molecule has 0 atom stereocenters. The van der Waals surface area contributed by atoms with Crippen LogP contribution in [-0.2, 0) is 11.2 Å². The third kappa shape index (κ3) is 3.39. The van der Waals surface area contributed by atoms with Crippen molar-refractivity contribution < 1.29 is 9.90 Å². The van der Waals surface area contributed by atoms with E-state index in [1.54, 1.807) is 0 Å². The summed E-state index contributed by atoms with van der Waals surface area (Å²) < 4.78 is 0.